The van der Waals surface area contributed by atoms with Crippen molar-refractivity contribution in [3.8, 4) is 5.75 Å². The summed E-state index contributed by atoms with van der Waals surface area (Å²) in [5, 5.41) is 0. The summed E-state index contributed by atoms with van der Waals surface area (Å²) in [7, 11) is 0. The fourth-order valence-electron chi connectivity index (χ4n) is 3.31. The van der Waals surface area contributed by atoms with Crippen molar-refractivity contribution in [3.63, 3.8) is 0 Å². The topological polar surface area (TPSA) is 43.6 Å². The average molecular weight is 344 g/mol. The molecule has 2 aromatic rings. The van der Waals surface area contributed by atoms with E-state index in [1.807, 2.05) is 31.2 Å². The van der Waals surface area contributed by atoms with Crippen LogP contribution in [0.15, 0.2) is 35.8 Å². The standard InChI is InChI=1S/C19H24N2O2S/c1-3-11-21-16-10-9-15(23-4-2)13-17(16)24-19(21)20-18(22)12-14-7-5-6-8-14/h3,9-10,13-14H,1,4-8,11-12H2,2H3. The van der Waals surface area contributed by atoms with E-state index in [9.17, 15) is 4.79 Å². The zero-order chi connectivity index (χ0) is 16.9. The van der Waals surface area contributed by atoms with Crippen LogP contribution in [0.2, 0.25) is 0 Å². The van der Waals surface area contributed by atoms with Crippen molar-refractivity contribution in [2.75, 3.05) is 6.61 Å². The number of rotatable bonds is 6. The minimum absolute atomic E-state index is 0.00343. The molecule has 5 heteroatoms. The number of nitrogens with zero attached hydrogens (tertiary/aromatic N) is 2. The van der Waals surface area contributed by atoms with Gasteiger partial charge in [-0.15, -0.1) is 6.58 Å². The van der Waals surface area contributed by atoms with Gasteiger partial charge in [-0.3, -0.25) is 4.79 Å². The second-order valence-corrected chi connectivity index (χ2v) is 7.22. The van der Waals surface area contributed by atoms with Gasteiger partial charge in [0.2, 0.25) is 5.91 Å². The van der Waals surface area contributed by atoms with Gasteiger partial charge in [-0.25, -0.2) is 0 Å². The predicted molar refractivity (Wildman–Crippen MR) is 98.3 cm³/mol. The van der Waals surface area contributed by atoms with Gasteiger partial charge in [-0.1, -0.05) is 30.3 Å². The molecule has 1 saturated carbocycles. The van der Waals surface area contributed by atoms with Crippen molar-refractivity contribution < 1.29 is 9.53 Å². The van der Waals surface area contributed by atoms with Gasteiger partial charge in [0.05, 0.1) is 16.8 Å². The predicted octanol–water partition coefficient (Wildman–Crippen LogP) is 4.30. The molecule has 0 bridgehead atoms. The number of hydrogen-bond donors (Lipinski definition) is 0. The number of thiazole rings is 1. The van der Waals surface area contributed by atoms with E-state index in [0.29, 0.717) is 25.5 Å². The van der Waals surface area contributed by atoms with Crippen molar-refractivity contribution in [2.24, 2.45) is 10.9 Å². The van der Waals surface area contributed by atoms with Gasteiger partial charge in [0, 0.05) is 13.0 Å². The van der Waals surface area contributed by atoms with Crippen LogP contribution in [0.4, 0.5) is 0 Å². The van der Waals surface area contributed by atoms with Crippen LogP contribution >= 0.6 is 11.3 Å². The average Bonchev–Trinajstić information content (AvgIpc) is 3.16. The van der Waals surface area contributed by atoms with Crippen LogP contribution in [0.3, 0.4) is 0 Å². The van der Waals surface area contributed by atoms with Gasteiger partial charge in [0.1, 0.15) is 5.75 Å². The fraction of sp³-hybridized carbons (Fsp3) is 0.474. The molecule has 3 rings (SSSR count). The molecule has 0 spiro atoms. The number of carbonyl (C=O) groups excluding carboxylic acids is 1. The molecule has 0 N–H and O–H groups in total. The maximum Gasteiger partial charge on any atom is 0.248 e. The lowest BCUT2D eigenvalue weighted by Crippen LogP contribution is -2.17. The normalized spacial score (nSPS) is 16.0. The van der Waals surface area contributed by atoms with E-state index in [2.05, 4.69) is 16.1 Å². The lowest BCUT2D eigenvalue weighted by atomic mass is 10.0. The molecule has 1 heterocycles. The number of hydrogen-bond acceptors (Lipinski definition) is 3. The molecule has 24 heavy (non-hydrogen) atoms. The Morgan fingerprint density at radius 2 is 2.25 bits per heavy atom. The molecule has 1 aromatic carbocycles. The zero-order valence-electron chi connectivity index (χ0n) is 14.2. The molecule has 0 saturated heterocycles. The number of ether oxygens (including phenoxy) is 1. The maximum atomic E-state index is 12.3. The summed E-state index contributed by atoms with van der Waals surface area (Å²) in [5.41, 5.74) is 1.07. The first-order chi connectivity index (χ1) is 11.7. The third-order valence-corrected chi connectivity index (χ3v) is 5.48. The SMILES string of the molecule is C=CCn1c(=NC(=O)CC2CCCC2)sc2cc(OCC)ccc21. The first-order valence-corrected chi connectivity index (χ1v) is 9.47. The Labute approximate surface area is 146 Å². The van der Waals surface area contributed by atoms with Gasteiger partial charge in [0.25, 0.3) is 0 Å². The van der Waals surface area contributed by atoms with Gasteiger partial charge in [-0.2, -0.15) is 4.99 Å². The number of allylic oxidation sites excluding steroid dienone is 1. The Balaban J connectivity index is 1.95. The first-order valence-electron chi connectivity index (χ1n) is 8.66. The molecule has 1 aliphatic carbocycles. The number of benzene rings is 1. The highest BCUT2D eigenvalue weighted by Gasteiger charge is 2.18. The lowest BCUT2D eigenvalue weighted by Gasteiger charge is -2.05. The van der Waals surface area contributed by atoms with E-state index >= 15 is 0 Å². The summed E-state index contributed by atoms with van der Waals surface area (Å²) in [6, 6.07) is 6.01. The highest BCUT2D eigenvalue weighted by molar-refractivity contribution is 7.16. The van der Waals surface area contributed by atoms with Crippen LogP contribution in [0.25, 0.3) is 10.2 Å². The summed E-state index contributed by atoms with van der Waals surface area (Å²) < 4.78 is 8.70. The molecular weight excluding hydrogens is 320 g/mol. The van der Waals surface area contributed by atoms with Gasteiger partial charge >= 0.3 is 0 Å². The molecule has 128 valence electrons. The second-order valence-electron chi connectivity index (χ2n) is 6.21. The summed E-state index contributed by atoms with van der Waals surface area (Å²) in [4.78, 5) is 17.5. The van der Waals surface area contributed by atoms with Gasteiger partial charge in [-0.05, 0) is 43.9 Å². The minimum atomic E-state index is -0.00343. The molecule has 1 aromatic heterocycles. The first kappa shape index (κ1) is 17.0. The maximum absolute atomic E-state index is 12.3. The Hall–Kier alpha value is -1.88. The van der Waals surface area contributed by atoms with Crippen molar-refractivity contribution in [3.05, 3.63) is 35.7 Å². The van der Waals surface area contributed by atoms with E-state index in [4.69, 9.17) is 4.74 Å². The Morgan fingerprint density at radius 3 is 2.96 bits per heavy atom. The molecule has 0 radical (unpaired) electrons. The Bertz CT molecular complexity index is 797. The summed E-state index contributed by atoms with van der Waals surface area (Å²) >= 11 is 1.54. The minimum Gasteiger partial charge on any atom is -0.494 e. The Kier molecular flexibility index (Phi) is 5.51. The van der Waals surface area contributed by atoms with Crippen LogP contribution in [0, 0.1) is 5.92 Å². The van der Waals surface area contributed by atoms with Crippen molar-refractivity contribution in [2.45, 2.75) is 45.6 Å². The summed E-state index contributed by atoms with van der Waals surface area (Å²) in [5.74, 6) is 1.37. The smallest absolute Gasteiger partial charge is 0.248 e. The number of carbonyl (C=O) groups is 1. The summed E-state index contributed by atoms with van der Waals surface area (Å²) in [6.07, 6.45) is 7.24. The molecule has 0 unspecified atom stereocenters. The molecule has 1 aliphatic rings. The highest BCUT2D eigenvalue weighted by atomic mass is 32.1. The monoisotopic (exact) mass is 344 g/mol. The Morgan fingerprint density at radius 1 is 1.46 bits per heavy atom. The highest BCUT2D eigenvalue weighted by Crippen LogP contribution is 2.28. The largest absolute Gasteiger partial charge is 0.494 e. The number of amides is 1. The van der Waals surface area contributed by atoms with E-state index in [-0.39, 0.29) is 5.91 Å². The van der Waals surface area contributed by atoms with Crippen LogP contribution < -0.4 is 9.54 Å². The van der Waals surface area contributed by atoms with E-state index < -0.39 is 0 Å². The molecule has 1 fully saturated rings. The molecular formula is C19H24N2O2S. The van der Waals surface area contributed by atoms with Crippen LogP contribution in [0.1, 0.15) is 39.0 Å². The van der Waals surface area contributed by atoms with Crippen LogP contribution in [-0.4, -0.2) is 17.1 Å². The van der Waals surface area contributed by atoms with Crippen molar-refractivity contribution in [1.29, 1.82) is 0 Å². The second kappa shape index (κ2) is 7.79. The molecule has 4 nitrogen and oxygen atoms in total. The molecule has 0 atom stereocenters. The van der Waals surface area contributed by atoms with Gasteiger partial charge in [0.15, 0.2) is 4.80 Å². The fourth-order valence-corrected chi connectivity index (χ4v) is 4.40. The van der Waals surface area contributed by atoms with Crippen LogP contribution in [-0.2, 0) is 11.3 Å². The van der Waals surface area contributed by atoms with Gasteiger partial charge < -0.3 is 9.30 Å². The number of fused-ring (bicyclic) bond motifs is 1. The van der Waals surface area contributed by atoms with E-state index in [1.54, 1.807) is 0 Å². The number of aromatic nitrogens is 1. The summed E-state index contributed by atoms with van der Waals surface area (Å²) in [6.45, 7) is 7.08. The van der Waals surface area contributed by atoms with E-state index in [0.717, 1.165) is 33.6 Å². The zero-order valence-corrected chi connectivity index (χ0v) is 15.0. The van der Waals surface area contributed by atoms with Crippen LogP contribution in [0.5, 0.6) is 5.75 Å². The third kappa shape index (κ3) is 3.78. The third-order valence-electron chi connectivity index (χ3n) is 4.44. The van der Waals surface area contributed by atoms with Crippen molar-refractivity contribution >= 4 is 27.5 Å². The van der Waals surface area contributed by atoms with E-state index in [1.165, 1.54) is 24.2 Å². The lowest BCUT2D eigenvalue weighted by molar-refractivity contribution is -0.118. The molecule has 1 amide bonds. The molecule has 0 aliphatic heterocycles. The quantitative estimate of drug-likeness (QED) is 0.734. The van der Waals surface area contributed by atoms with Crippen molar-refractivity contribution in [1.82, 2.24) is 4.57 Å².